The van der Waals surface area contributed by atoms with Gasteiger partial charge in [0.1, 0.15) is 6.10 Å². The van der Waals surface area contributed by atoms with Crippen LogP contribution in [0, 0.1) is 23.7 Å². The first-order valence-corrected chi connectivity index (χ1v) is 14.7. The van der Waals surface area contributed by atoms with Crippen molar-refractivity contribution in [1.29, 1.82) is 0 Å². The number of unbranched alkanes of at least 4 members (excludes halogenated alkanes) is 9. The van der Waals surface area contributed by atoms with Crippen LogP contribution in [0.25, 0.3) is 0 Å². The van der Waals surface area contributed by atoms with Crippen LogP contribution in [0.15, 0.2) is 0 Å². The fraction of sp³-hybridized carbons (Fsp3) is 0.933. The number of carboxylic acids is 1. The minimum absolute atomic E-state index is 0.0415. The number of carbonyl (C=O) groups excluding carboxylic acids is 1. The molecule has 0 heterocycles. The molecule has 1 N–H and O–H groups in total. The predicted molar refractivity (Wildman–Crippen MR) is 142 cm³/mol. The fourth-order valence-electron chi connectivity index (χ4n) is 5.19. The van der Waals surface area contributed by atoms with Crippen molar-refractivity contribution in [1.82, 2.24) is 0 Å². The molecule has 34 heavy (non-hydrogen) atoms. The molecule has 1 unspecified atom stereocenters. The van der Waals surface area contributed by atoms with Gasteiger partial charge in [-0.3, -0.25) is 9.59 Å². The molecule has 4 heteroatoms. The number of hydrogen-bond donors (Lipinski definition) is 1. The van der Waals surface area contributed by atoms with Crippen molar-refractivity contribution in [3.05, 3.63) is 0 Å². The van der Waals surface area contributed by atoms with Gasteiger partial charge >= 0.3 is 11.9 Å². The van der Waals surface area contributed by atoms with Crippen LogP contribution in [0.4, 0.5) is 0 Å². The molecule has 1 fully saturated rings. The number of esters is 1. The third-order valence-electron chi connectivity index (χ3n) is 7.56. The lowest BCUT2D eigenvalue weighted by Crippen LogP contribution is -2.29. The summed E-state index contributed by atoms with van der Waals surface area (Å²) in [5.74, 6) is 0.409. The van der Waals surface area contributed by atoms with Crippen LogP contribution in [-0.4, -0.2) is 23.1 Å². The van der Waals surface area contributed by atoms with Gasteiger partial charge in [-0.1, -0.05) is 98.3 Å². The van der Waals surface area contributed by atoms with E-state index in [0.717, 1.165) is 37.5 Å². The molecular formula is C30H56O4. The number of ether oxygens (including phenoxy) is 1. The molecule has 200 valence electrons. The van der Waals surface area contributed by atoms with Gasteiger partial charge in [0.05, 0.1) is 11.8 Å². The Morgan fingerprint density at radius 3 is 1.38 bits per heavy atom. The second-order valence-corrected chi connectivity index (χ2v) is 11.8. The highest BCUT2D eigenvalue weighted by molar-refractivity contribution is 5.74. The lowest BCUT2D eigenvalue weighted by molar-refractivity contribution is -0.158. The zero-order valence-corrected chi connectivity index (χ0v) is 23.0. The van der Waals surface area contributed by atoms with E-state index in [1.54, 1.807) is 0 Å². The highest BCUT2D eigenvalue weighted by Crippen LogP contribution is 2.30. The smallest absolute Gasteiger partial charge is 0.309 e. The van der Waals surface area contributed by atoms with Gasteiger partial charge in [-0.05, 0) is 63.2 Å². The van der Waals surface area contributed by atoms with Gasteiger partial charge in [-0.2, -0.15) is 0 Å². The summed E-state index contributed by atoms with van der Waals surface area (Å²) in [5, 5.41) is 9.20. The first kappa shape index (κ1) is 31.0. The van der Waals surface area contributed by atoms with Crippen molar-refractivity contribution in [2.45, 2.75) is 156 Å². The molecule has 1 aliphatic carbocycles. The summed E-state index contributed by atoms with van der Waals surface area (Å²) in [4.78, 5) is 24.0. The molecule has 1 aliphatic rings. The lowest BCUT2D eigenvalue weighted by Gasteiger charge is -2.27. The highest BCUT2D eigenvalue weighted by Gasteiger charge is 2.31. The molecule has 4 nitrogen and oxygen atoms in total. The molecule has 1 saturated carbocycles. The first-order chi connectivity index (χ1) is 16.3. The fourth-order valence-corrected chi connectivity index (χ4v) is 5.19. The van der Waals surface area contributed by atoms with Crippen molar-refractivity contribution < 1.29 is 19.4 Å². The van der Waals surface area contributed by atoms with Gasteiger partial charge in [0.15, 0.2) is 0 Å². The van der Waals surface area contributed by atoms with Crippen LogP contribution in [-0.2, 0) is 14.3 Å². The van der Waals surface area contributed by atoms with E-state index >= 15 is 0 Å². The standard InChI is InChI=1S/C30H56O4/c1-24(2)16-12-9-7-5-6-8-10-14-18-28(19-15-11-13-17-25(3)4)34-30(33)27-22-20-26(21-23-27)29(31)32/h24-28H,5-23H2,1-4H3,(H,31,32). The molecule has 0 aliphatic heterocycles. The first-order valence-electron chi connectivity index (χ1n) is 14.7. The maximum atomic E-state index is 12.8. The van der Waals surface area contributed by atoms with Gasteiger partial charge in [-0.15, -0.1) is 0 Å². The largest absolute Gasteiger partial charge is 0.481 e. The molecule has 0 aromatic heterocycles. The Hall–Kier alpha value is -1.06. The van der Waals surface area contributed by atoms with Gasteiger partial charge in [0.25, 0.3) is 0 Å². The average Bonchev–Trinajstić information content (AvgIpc) is 2.79. The summed E-state index contributed by atoms with van der Waals surface area (Å²) in [6, 6.07) is 0. The summed E-state index contributed by atoms with van der Waals surface area (Å²) in [5.41, 5.74) is 0. The molecule has 1 rings (SSSR count). The number of hydrogen-bond acceptors (Lipinski definition) is 3. The number of rotatable bonds is 20. The van der Waals surface area contributed by atoms with Crippen molar-refractivity contribution in [2.24, 2.45) is 23.7 Å². The van der Waals surface area contributed by atoms with E-state index in [9.17, 15) is 14.7 Å². The van der Waals surface area contributed by atoms with E-state index in [1.807, 2.05) is 0 Å². The van der Waals surface area contributed by atoms with E-state index in [4.69, 9.17) is 4.74 Å². The monoisotopic (exact) mass is 480 g/mol. The molecule has 0 amide bonds. The Balaban J connectivity index is 2.29. The highest BCUT2D eigenvalue weighted by atomic mass is 16.5. The second kappa shape index (κ2) is 19.2. The second-order valence-electron chi connectivity index (χ2n) is 11.8. The zero-order valence-electron chi connectivity index (χ0n) is 23.0. The maximum Gasteiger partial charge on any atom is 0.309 e. The van der Waals surface area contributed by atoms with Crippen molar-refractivity contribution in [3.8, 4) is 0 Å². The molecule has 0 spiro atoms. The lowest BCUT2D eigenvalue weighted by atomic mass is 9.82. The molecule has 0 radical (unpaired) electrons. The summed E-state index contributed by atoms with van der Waals surface area (Å²) in [7, 11) is 0. The summed E-state index contributed by atoms with van der Waals surface area (Å²) in [6.07, 6.45) is 21.2. The SMILES string of the molecule is CC(C)CCCCCCCCCCC(CCCCCC(C)C)OC(=O)C1CCC(C(=O)O)CC1. The third kappa shape index (κ3) is 15.8. The van der Waals surface area contributed by atoms with Crippen molar-refractivity contribution >= 4 is 11.9 Å². The minimum atomic E-state index is -0.721. The Bertz CT molecular complexity index is 520. The Morgan fingerprint density at radius 2 is 0.971 bits per heavy atom. The number of aliphatic carboxylic acids is 1. The van der Waals surface area contributed by atoms with Gasteiger partial charge in [-0.25, -0.2) is 0 Å². The van der Waals surface area contributed by atoms with E-state index in [-0.39, 0.29) is 23.9 Å². The normalized spacial score (nSPS) is 19.5. The maximum absolute atomic E-state index is 12.8. The van der Waals surface area contributed by atoms with Gasteiger partial charge in [0.2, 0.25) is 0 Å². The van der Waals surface area contributed by atoms with E-state index in [2.05, 4.69) is 27.7 Å². The van der Waals surface area contributed by atoms with E-state index < -0.39 is 5.97 Å². The molecule has 0 saturated heterocycles. The van der Waals surface area contributed by atoms with Crippen LogP contribution in [0.5, 0.6) is 0 Å². The zero-order chi connectivity index (χ0) is 25.2. The van der Waals surface area contributed by atoms with Crippen molar-refractivity contribution in [3.63, 3.8) is 0 Å². The van der Waals surface area contributed by atoms with Crippen LogP contribution < -0.4 is 0 Å². The summed E-state index contributed by atoms with van der Waals surface area (Å²) < 4.78 is 6.02. The molecule has 0 aromatic rings. The number of carboxylic acid groups (broad SMARTS) is 1. The average molecular weight is 481 g/mol. The molecular weight excluding hydrogens is 424 g/mol. The quantitative estimate of drug-likeness (QED) is 0.139. The van der Waals surface area contributed by atoms with Crippen LogP contribution in [0.3, 0.4) is 0 Å². The molecule has 1 atom stereocenters. The Kier molecular flexibility index (Phi) is 17.5. The van der Waals surface area contributed by atoms with Crippen LogP contribution in [0.2, 0.25) is 0 Å². The van der Waals surface area contributed by atoms with E-state index in [1.165, 1.54) is 70.6 Å². The Labute approximate surface area is 211 Å². The minimum Gasteiger partial charge on any atom is -0.481 e. The van der Waals surface area contributed by atoms with Gasteiger partial charge < -0.3 is 9.84 Å². The van der Waals surface area contributed by atoms with Gasteiger partial charge in [0, 0.05) is 0 Å². The van der Waals surface area contributed by atoms with Crippen molar-refractivity contribution in [2.75, 3.05) is 0 Å². The van der Waals surface area contributed by atoms with Crippen LogP contribution in [0.1, 0.15) is 150 Å². The Morgan fingerprint density at radius 1 is 0.618 bits per heavy atom. The summed E-state index contributed by atoms with van der Waals surface area (Å²) in [6.45, 7) is 9.16. The summed E-state index contributed by atoms with van der Waals surface area (Å²) >= 11 is 0. The predicted octanol–water partition coefficient (Wildman–Crippen LogP) is 8.95. The molecule has 0 aromatic carbocycles. The topological polar surface area (TPSA) is 63.6 Å². The van der Waals surface area contributed by atoms with Crippen LogP contribution >= 0.6 is 0 Å². The van der Waals surface area contributed by atoms with E-state index in [0.29, 0.717) is 25.7 Å². The third-order valence-corrected chi connectivity index (χ3v) is 7.56. The molecule has 0 bridgehead atoms. The number of carbonyl (C=O) groups is 2.